The molecule has 1 aromatic heterocycles. The van der Waals surface area contributed by atoms with Crippen LogP contribution in [0.4, 0.5) is 0 Å². The molecular weight excluding hydrogens is 186 g/mol. The van der Waals surface area contributed by atoms with Gasteiger partial charge in [0.05, 0.1) is 5.69 Å². The number of aromatic nitrogens is 2. The maximum absolute atomic E-state index is 4.45. The highest BCUT2D eigenvalue weighted by molar-refractivity contribution is 5.35. The fourth-order valence-corrected chi connectivity index (χ4v) is 2.56. The van der Waals surface area contributed by atoms with E-state index in [2.05, 4.69) is 29.4 Å². The minimum Gasteiger partial charge on any atom is -0.307 e. The predicted octanol–water partition coefficient (Wildman–Crippen LogP) is 2.27. The van der Waals surface area contributed by atoms with Crippen LogP contribution in [0.2, 0.25) is 0 Å². The zero-order valence-corrected chi connectivity index (χ0v) is 9.51. The Morgan fingerprint density at radius 3 is 2.80 bits per heavy atom. The quantitative estimate of drug-likeness (QED) is 0.794. The molecule has 0 bridgehead atoms. The van der Waals surface area contributed by atoms with Crippen molar-refractivity contribution in [2.24, 2.45) is 0 Å². The number of rotatable bonds is 3. The molecule has 0 saturated heterocycles. The zero-order valence-electron chi connectivity index (χ0n) is 9.51. The lowest BCUT2D eigenvalue weighted by Crippen LogP contribution is -2.22. The van der Waals surface area contributed by atoms with Crippen molar-refractivity contribution in [3.8, 4) is 0 Å². The number of fused-ring (bicyclic) bond motifs is 1. The summed E-state index contributed by atoms with van der Waals surface area (Å²) < 4.78 is 0. The van der Waals surface area contributed by atoms with E-state index in [0.717, 1.165) is 6.04 Å². The van der Waals surface area contributed by atoms with Gasteiger partial charge >= 0.3 is 0 Å². The van der Waals surface area contributed by atoms with Crippen molar-refractivity contribution in [3.05, 3.63) is 17.0 Å². The average molecular weight is 205 g/mol. The van der Waals surface area contributed by atoms with E-state index >= 15 is 0 Å². The third kappa shape index (κ3) is 1.59. The van der Waals surface area contributed by atoms with Gasteiger partial charge in [-0.15, -0.1) is 0 Å². The Kier molecular flexibility index (Phi) is 2.09. The highest BCUT2D eigenvalue weighted by Crippen LogP contribution is 2.37. The summed E-state index contributed by atoms with van der Waals surface area (Å²) in [5.74, 6) is 0.534. The summed E-state index contributed by atoms with van der Waals surface area (Å²) >= 11 is 0. The van der Waals surface area contributed by atoms with Crippen molar-refractivity contribution in [2.45, 2.75) is 57.5 Å². The maximum Gasteiger partial charge on any atom is 0.0698 e. The van der Waals surface area contributed by atoms with Crippen LogP contribution in [0.15, 0.2) is 0 Å². The molecule has 1 unspecified atom stereocenters. The van der Waals surface area contributed by atoms with Gasteiger partial charge in [-0.2, -0.15) is 5.10 Å². The fraction of sp³-hybridized carbons (Fsp3) is 0.750. The van der Waals surface area contributed by atoms with Crippen LogP contribution < -0.4 is 5.32 Å². The molecule has 15 heavy (non-hydrogen) atoms. The van der Waals surface area contributed by atoms with Crippen LogP contribution in [0.1, 0.15) is 62.0 Å². The van der Waals surface area contributed by atoms with Gasteiger partial charge in [-0.25, -0.2) is 0 Å². The standard InChI is InChI=1S/C12H19N3/c1-7(2)12-11-9(13-8-3-4-8)5-6-10(11)14-15-12/h7-9,13H,3-6H2,1-2H3,(H,14,15). The summed E-state index contributed by atoms with van der Waals surface area (Å²) in [6.45, 7) is 4.45. The molecule has 0 spiro atoms. The SMILES string of the molecule is CC(C)c1n[nH]c2c1C(NC1CC1)CC2. The molecule has 0 aromatic carbocycles. The van der Waals surface area contributed by atoms with Gasteiger partial charge in [0.2, 0.25) is 0 Å². The van der Waals surface area contributed by atoms with Crippen molar-refractivity contribution >= 4 is 0 Å². The van der Waals surface area contributed by atoms with Crippen LogP contribution in [0, 0.1) is 0 Å². The average Bonchev–Trinajstić information content (AvgIpc) is 2.76. The van der Waals surface area contributed by atoms with Gasteiger partial charge in [0, 0.05) is 23.3 Å². The second-order valence-electron chi connectivity index (χ2n) is 5.19. The van der Waals surface area contributed by atoms with E-state index in [9.17, 15) is 0 Å². The number of nitrogens with one attached hydrogen (secondary N) is 2. The molecule has 3 rings (SSSR count). The normalized spacial score (nSPS) is 24.9. The minimum atomic E-state index is 0.534. The molecule has 0 radical (unpaired) electrons. The van der Waals surface area contributed by atoms with Crippen molar-refractivity contribution < 1.29 is 0 Å². The molecule has 0 amide bonds. The molecule has 2 aliphatic rings. The first-order valence-corrected chi connectivity index (χ1v) is 6.08. The third-order valence-electron chi connectivity index (χ3n) is 3.50. The third-order valence-corrected chi connectivity index (χ3v) is 3.50. The van der Waals surface area contributed by atoms with E-state index in [4.69, 9.17) is 0 Å². The van der Waals surface area contributed by atoms with E-state index in [0.29, 0.717) is 12.0 Å². The van der Waals surface area contributed by atoms with Crippen LogP contribution in [0.5, 0.6) is 0 Å². The summed E-state index contributed by atoms with van der Waals surface area (Å²) in [4.78, 5) is 0. The second-order valence-corrected chi connectivity index (χ2v) is 5.19. The van der Waals surface area contributed by atoms with E-state index in [1.165, 1.54) is 42.6 Å². The van der Waals surface area contributed by atoms with E-state index < -0.39 is 0 Å². The number of hydrogen-bond acceptors (Lipinski definition) is 2. The summed E-state index contributed by atoms with van der Waals surface area (Å²) in [6.07, 6.45) is 5.14. The number of aryl methyl sites for hydroxylation is 1. The van der Waals surface area contributed by atoms with Gasteiger partial charge in [-0.1, -0.05) is 13.8 Å². The minimum absolute atomic E-state index is 0.534. The topological polar surface area (TPSA) is 40.7 Å². The van der Waals surface area contributed by atoms with Crippen LogP contribution in [0.3, 0.4) is 0 Å². The van der Waals surface area contributed by atoms with Gasteiger partial charge in [-0.3, -0.25) is 5.10 Å². The first-order chi connectivity index (χ1) is 7.25. The van der Waals surface area contributed by atoms with Gasteiger partial charge in [0.15, 0.2) is 0 Å². The van der Waals surface area contributed by atoms with E-state index in [-0.39, 0.29) is 0 Å². The Morgan fingerprint density at radius 2 is 2.13 bits per heavy atom. The van der Waals surface area contributed by atoms with E-state index in [1.807, 2.05) is 0 Å². The van der Waals surface area contributed by atoms with Crippen LogP contribution in [0.25, 0.3) is 0 Å². The molecule has 1 atom stereocenters. The molecule has 3 nitrogen and oxygen atoms in total. The Balaban J connectivity index is 1.88. The molecule has 1 heterocycles. The number of aromatic amines is 1. The van der Waals surface area contributed by atoms with Gasteiger partial charge in [0.25, 0.3) is 0 Å². The molecule has 1 fully saturated rings. The monoisotopic (exact) mass is 205 g/mol. The smallest absolute Gasteiger partial charge is 0.0698 e. The Morgan fingerprint density at radius 1 is 1.33 bits per heavy atom. The van der Waals surface area contributed by atoms with Gasteiger partial charge in [-0.05, 0) is 31.6 Å². The summed E-state index contributed by atoms with van der Waals surface area (Å²) in [6, 6.07) is 1.36. The molecular formula is C12H19N3. The van der Waals surface area contributed by atoms with Crippen molar-refractivity contribution in [2.75, 3.05) is 0 Å². The number of nitrogens with zero attached hydrogens (tertiary/aromatic N) is 1. The Hall–Kier alpha value is -0.830. The fourth-order valence-electron chi connectivity index (χ4n) is 2.56. The molecule has 1 saturated carbocycles. The lowest BCUT2D eigenvalue weighted by atomic mass is 10.0. The summed E-state index contributed by atoms with van der Waals surface area (Å²) in [5.41, 5.74) is 4.13. The Bertz CT molecular complexity index is 363. The molecule has 3 heteroatoms. The largest absolute Gasteiger partial charge is 0.307 e. The summed E-state index contributed by atoms with van der Waals surface area (Å²) in [7, 11) is 0. The predicted molar refractivity (Wildman–Crippen MR) is 59.9 cm³/mol. The van der Waals surface area contributed by atoms with Crippen LogP contribution in [-0.4, -0.2) is 16.2 Å². The highest BCUT2D eigenvalue weighted by atomic mass is 15.1. The molecule has 1 aromatic rings. The van der Waals surface area contributed by atoms with Crippen molar-refractivity contribution in [1.29, 1.82) is 0 Å². The van der Waals surface area contributed by atoms with E-state index in [1.54, 1.807) is 0 Å². The highest BCUT2D eigenvalue weighted by Gasteiger charge is 2.33. The Labute approximate surface area is 90.7 Å². The first-order valence-electron chi connectivity index (χ1n) is 6.08. The molecule has 82 valence electrons. The zero-order chi connectivity index (χ0) is 10.4. The second kappa shape index (κ2) is 3.34. The van der Waals surface area contributed by atoms with Crippen LogP contribution in [-0.2, 0) is 6.42 Å². The molecule has 0 aliphatic heterocycles. The van der Waals surface area contributed by atoms with Crippen LogP contribution >= 0.6 is 0 Å². The first kappa shape index (κ1) is 9.40. The number of hydrogen-bond donors (Lipinski definition) is 2. The number of H-pyrrole nitrogens is 1. The van der Waals surface area contributed by atoms with Gasteiger partial charge < -0.3 is 5.32 Å². The summed E-state index contributed by atoms with van der Waals surface area (Å²) in [5, 5.41) is 11.4. The molecule has 2 N–H and O–H groups in total. The molecule has 2 aliphatic carbocycles. The van der Waals surface area contributed by atoms with Crippen molar-refractivity contribution in [3.63, 3.8) is 0 Å². The van der Waals surface area contributed by atoms with Gasteiger partial charge in [0.1, 0.15) is 0 Å². The van der Waals surface area contributed by atoms with Crippen molar-refractivity contribution in [1.82, 2.24) is 15.5 Å². The lowest BCUT2D eigenvalue weighted by molar-refractivity contribution is 0.519. The maximum atomic E-state index is 4.45. The lowest BCUT2D eigenvalue weighted by Gasteiger charge is -2.14.